The molecule has 0 radical (unpaired) electrons. The summed E-state index contributed by atoms with van der Waals surface area (Å²) in [7, 11) is -3.89. The number of nitrogens with zero attached hydrogens (tertiary/aromatic N) is 2. The van der Waals surface area contributed by atoms with Crippen molar-refractivity contribution < 1.29 is 18.0 Å². The van der Waals surface area contributed by atoms with E-state index in [1.54, 1.807) is 43.3 Å². The molecule has 2 amide bonds. The summed E-state index contributed by atoms with van der Waals surface area (Å²) in [6.07, 6.45) is 1.99. The van der Waals surface area contributed by atoms with Gasteiger partial charge in [-0.2, -0.15) is 0 Å². The number of anilines is 1. The summed E-state index contributed by atoms with van der Waals surface area (Å²) in [5, 5.41) is 3.87. The van der Waals surface area contributed by atoms with E-state index in [4.69, 9.17) is 23.2 Å². The highest BCUT2D eigenvalue weighted by molar-refractivity contribution is 7.92. The molecule has 10 heteroatoms. The molecule has 214 valence electrons. The average Bonchev–Trinajstić information content (AvgIpc) is 2.90. The molecule has 0 saturated carbocycles. The van der Waals surface area contributed by atoms with Crippen LogP contribution >= 0.6 is 23.2 Å². The van der Waals surface area contributed by atoms with Gasteiger partial charge in [0.15, 0.2) is 0 Å². The highest BCUT2D eigenvalue weighted by atomic mass is 35.5. The van der Waals surface area contributed by atoms with Crippen molar-refractivity contribution in [3.63, 3.8) is 0 Å². The highest BCUT2D eigenvalue weighted by Crippen LogP contribution is 2.29. The van der Waals surface area contributed by atoms with Gasteiger partial charge in [0.2, 0.25) is 21.8 Å². The molecule has 1 N–H and O–H groups in total. The van der Waals surface area contributed by atoms with Gasteiger partial charge in [-0.05, 0) is 61.2 Å². The minimum Gasteiger partial charge on any atom is -0.352 e. The smallest absolute Gasteiger partial charge is 0.244 e. The Bertz CT molecular complexity index is 1430. The van der Waals surface area contributed by atoms with Gasteiger partial charge in [-0.15, -0.1) is 0 Å². The Morgan fingerprint density at radius 2 is 1.60 bits per heavy atom. The summed E-state index contributed by atoms with van der Waals surface area (Å²) in [5.41, 5.74) is 2.40. The Balaban J connectivity index is 2.09. The minimum absolute atomic E-state index is 0.0525. The topological polar surface area (TPSA) is 86.8 Å². The van der Waals surface area contributed by atoms with Crippen LogP contribution in [0.1, 0.15) is 37.0 Å². The molecule has 3 aromatic rings. The second-order valence-electron chi connectivity index (χ2n) is 9.83. The molecular weight excluding hydrogens is 569 g/mol. The van der Waals surface area contributed by atoms with Crippen molar-refractivity contribution >= 4 is 50.7 Å². The lowest BCUT2D eigenvalue weighted by molar-refractivity contribution is -0.140. The first-order chi connectivity index (χ1) is 18.9. The van der Waals surface area contributed by atoms with Crippen molar-refractivity contribution in [2.45, 2.75) is 52.2 Å². The SMILES string of the molecule is CCC(C)NC(=O)C(Cc1ccccc1)N(Cc1cccc(Cl)c1)C(=O)CN(c1cccc(Cl)c1C)S(C)(=O)=O. The van der Waals surface area contributed by atoms with Crippen molar-refractivity contribution in [2.24, 2.45) is 0 Å². The summed E-state index contributed by atoms with van der Waals surface area (Å²) in [6.45, 7) is 5.10. The number of hydrogen-bond donors (Lipinski definition) is 1. The molecule has 2 unspecified atom stereocenters. The lowest BCUT2D eigenvalue weighted by atomic mass is 10.0. The van der Waals surface area contributed by atoms with E-state index in [9.17, 15) is 18.0 Å². The zero-order valence-electron chi connectivity index (χ0n) is 23.1. The van der Waals surface area contributed by atoms with E-state index in [1.807, 2.05) is 50.2 Å². The largest absolute Gasteiger partial charge is 0.352 e. The normalized spacial score (nSPS) is 12.8. The molecule has 40 heavy (non-hydrogen) atoms. The molecule has 0 bridgehead atoms. The van der Waals surface area contributed by atoms with Gasteiger partial charge in [0, 0.05) is 29.1 Å². The van der Waals surface area contributed by atoms with Gasteiger partial charge in [0.1, 0.15) is 12.6 Å². The number of hydrogen-bond acceptors (Lipinski definition) is 4. The lowest BCUT2D eigenvalue weighted by Gasteiger charge is -2.34. The second kappa shape index (κ2) is 14.0. The van der Waals surface area contributed by atoms with Gasteiger partial charge >= 0.3 is 0 Å². The van der Waals surface area contributed by atoms with Crippen LogP contribution in [0.4, 0.5) is 5.69 Å². The maximum absolute atomic E-state index is 14.1. The van der Waals surface area contributed by atoms with Crippen LogP contribution in [0.3, 0.4) is 0 Å². The summed E-state index contributed by atoms with van der Waals surface area (Å²) in [4.78, 5) is 29.3. The van der Waals surface area contributed by atoms with E-state index in [2.05, 4.69) is 5.32 Å². The standard InChI is InChI=1S/C30H35Cl2N3O4S/c1-5-21(2)33-30(37)28(18-23-11-7-6-8-12-23)34(19-24-13-9-14-25(31)17-24)29(36)20-35(40(4,38)39)27-16-10-15-26(32)22(27)3/h6-17,21,28H,5,18-20H2,1-4H3,(H,33,37). The van der Waals surface area contributed by atoms with Crippen LogP contribution in [0.5, 0.6) is 0 Å². The number of carbonyl (C=O) groups excluding carboxylic acids is 2. The van der Waals surface area contributed by atoms with Gasteiger partial charge in [-0.25, -0.2) is 8.42 Å². The summed E-state index contributed by atoms with van der Waals surface area (Å²) in [5.74, 6) is -0.858. The molecule has 0 aliphatic heterocycles. The van der Waals surface area contributed by atoms with Crippen molar-refractivity contribution in [1.29, 1.82) is 0 Å². The molecule has 7 nitrogen and oxygen atoms in total. The summed E-state index contributed by atoms with van der Waals surface area (Å²) in [6, 6.07) is 20.3. The van der Waals surface area contributed by atoms with Crippen LogP contribution < -0.4 is 9.62 Å². The van der Waals surface area contributed by atoms with Gasteiger partial charge in [0.25, 0.3) is 0 Å². The molecular formula is C30H35Cl2N3O4S. The molecule has 0 fully saturated rings. The van der Waals surface area contributed by atoms with Gasteiger partial charge in [-0.3, -0.25) is 13.9 Å². The van der Waals surface area contributed by atoms with E-state index >= 15 is 0 Å². The van der Waals surface area contributed by atoms with Gasteiger partial charge in [0.05, 0.1) is 11.9 Å². The molecule has 0 aliphatic rings. The first-order valence-electron chi connectivity index (χ1n) is 13.0. The summed E-state index contributed by atoms with van der Waals surface area (Å²) < 4.78 is 26.9. The Hall–Kier alpha value is -3.07. The number of benzene rings is 3. The van der Waals surface area contributed by atoms with Crippen molar-refractivity contribution in [3.05, 3.63) is 99.5 Å². The van der Waals surface area contributed by atoms with Crippen LogP contribution in [0.15, 0.2) is 72.8 Å². The number of amides is 2. The Morgan fingerprint density at radius 3 is 2.23 bits per heavy atom. The lowest BCUT2D eigenvalue weighted by Crippen LogP contribution is -2.54. The van der Waals surface area contributed by atoms with E-state index in [0.717, 1.165) is 16.1 Å². The average molecular weight is 605 g/mol. The zero-order valence-corrected chi connectivity index (χ0v) is 25.4. The fraction of sp³-hybridized carbons (Fsp3) is 0.333. The summed E-state index contributed by atoms with van der Waals surface area (Å²) >= 11 is 12.5. The Labute approximate surface area is 247 Å². The Morgan fingerprint density at radius 1 is 0.950 bits per heavy atom. The number of nitrogens with one attached hydrogen (secondary N) is 1. The highest BCUT2D eigenvalue weighted by Gasteiger charge is 2.33. The fourth-order valence-electron chi connectivity index (χ4n) is 4.29. The van der Waals surface area contributed by atoms with Crippen LogP contribution in [-0.4, -0.2) is 50.0 Å². The second-order valence-corrected chi connectivity index (χ2v) is 12.6. The van der Waals surface area contributed by atoms with Crippen LogP contribution in [0.25, 0.3) is 0 Å². The predicted octanol–water partition coefficient (Wildman–Crippen LogP) is 5.62. The molecule has 3 rings (SSSR count). The molecule has 0 saturated heterocycles. The maximum Gasteiger partial charge on any atom is 0.244 e. The van der Waals surface area contributed by atoms with Crippen molar-refractivity contribution in [1.82, 2.24) is 10.2 Å². The quantitative estimate of drug-likeness (QED) is 0.291. The molecule has 0 aromatic heterocycles. The Kier molecular flexibility index (Phi) is 11.0. The first kappa shape index (κ1) is 31.5. The molecule has 3 aromatic carbocycles. The van der Waals surface area contributed by atoms with Crippen LogP contribution in [0, 0.1) is 6.92 Å². The van der Waals surface area contributed by atoms with Gasteiger partial charge < -0.3 is 10.2 Å². The predicted molar refractivity (Wildman–Crippen MR) is 162 cm³/mol. The van der Waals surface area contributed by atoms with E-state index in [1.165, 1.54) is 4.90 Å². The third kappa shape index (κ3) is 8.46. The van der Waals surface area contributed by atoms with Crippen molar-refractivity contribution in [2.75, 3.05) is 17.1 Å². The molecule has 0 aliphatic carbocycles. The third-order valence-corrected chi connectivity index (χ3v) is 8.47. The monoisotopic (exact) mass is 603 g/mol. The van der Waals surface area contributed by atoms with Crippen LogP contribution in [0.2, 0.25) is 10.0 Å². The van der Waals surface area contributed by atoms with E-state index in [0.29, 0.717) is 33.3 Å². The number of sulfonamides is 1. The van der Waals surface area contributed by atoms with Crippen LogP contribution in [-0.2, 0) is 32.6 Å². The number of rotatable bonds is 12. The van der Waals surface area contributed by atoms with Crippen molar-refractivity contribution in [3.8, 4) is 0 Å². The molecule has 2 atom stereocenters. The molecule has 0 heterocycles. The third-order valence-electron chi connectivity index (χ3n) is 6.70. The number of carbonyl (C=O) groups is 2. The minimum atomic E-state index is -3.89. The fourth-order valence-corrected chi connectivity index (χ4v) is 5.57. The van der Waals surface area contributed by atoms with E-state index < -0.39 is 28.5 Å². The molecule has 0 spiro atoms. The maximum atomic E-state index is 14.1. The first-order valence-corrected chi connectivity index (χ1v) is 15.6. The van der Waals surface area contributed by atoms with E-state index in [-0.39, 0.29) is 24.9 Å². The zero-order chi connectivity index (χ0) is 29.4. The number of halogens is 2. The van der Waals surface area contributed by atoms with Gasteiger partial charge in [-0.1, -0.05) is 78.7 Å².